The first-order valence-electron chi connectivity index (χ1n) is 7.99. The molecule has 0 atom stereocenters. The van der Waals surface area contributed by atoms with E-state index < -0.39 is 0 Å². The Morgan fingerprint density at radius 1 is 1.30 bits per heavy atom. The van der Waals surface area contributed by atoms with Gasteiger partial charge >= 0.3 is 0 Å². The minimum absolute atomic E-state index is 0.0741. The molecular formula is C18H22N4O. The third kappa shape index (κ3) is 3.68. The molecule has 0 aliphatic carbocycles. The van der Waals surface area contributed by atoms with Crippen LogP contribution in [0.5, 0.6) is 0 Å². The molecule has 0 saturated carbocycles. The zero-order valence-electron chi connectivity index (χ0n) is 13.4. The van der Waals surface area contributed by atoms with E-state index in [0.717, 1.165) is 31.7 Å². The van der Waals surface area contributed by atoms with Gasteiger partial charge in [0.25, 0.3) is 5.91 Å². The van der Waals surface area contributed by atoms with E-state index >= 15 is 0 Å². The second-order valence-corrected chi connectivity index (χ2v) is 5.84. The number of nitrogens with two attached hydrogens (primary N) is 1. The monoisotopic (exact) mass is 310 g/mol. The van der Waals surface area contributed by atoms with E-state index in [1.54, 1.807) is 6.07 Å². The first-order chi connectivity index (χ1) is 11.2. The summed E-state index contributed by atoms with van der Waals surface area (Å²) in [5.74, 6) is 0.390. The Balaban J connectivity index is 1.66. The highest BCUT2D eigenvalue weighted by molar-refractivity contribution is 5.94. The number of nitrogens with zero attached hydrogens (tertiary/aromatic N) is 2. The van der Waals surface area contributed by atoms with Crippen LogP contribution in [0.3, 0.4) is 0 Å². The van der Waals surface area contributed by atoms with Crippen LogP contribution in [0.2, 0.25) is 0 Å². The van der Waals surface area contributed by atoms with Gasteiger partial charge in [-0.15, -0.1) is 0 Å². The number of hydrogen-bond acceptors (Lipinski definition) is 4. The van der Waals surface area contributed by atoms with E-state index in [1.165, 1.54) is 11.1 Å². The molecule has 0 fully saturated rings. The quantitative estimate of drug-likeness (QED) is 0.906. The third-order valence-electron chi connectivity index (χ3n) is 4.27. The highest BCUT2D eigenvalue weighted by Gasteiger charge is 2.16. The number of rotatable bonds is 4. The van der Waals surface area contributed by atoms with Crippen molar-refractivity contribution < 1.29 is 4.79 Å². The number of likely N-dealkylation sites (N-methyl/N-ethyl adjacent to an activating group) is 1. The van der Waals surface area contributed by atoms with Gasteiger partial charge in [0, 0.05) is 18.7 Å². The number of nitrogens with one attached hydrogen (secondary N) is 1. The van der Waals surface area contributed by atoms with Gasteiger partial charge < -0.3 is 11.1 Å². The summed E-state index contributed by atoms with van der Waals surface area (Å²) in [7, 11) is 0. The molecule has 1 aromatic heterocycles. The molecule has 0 radical (unpaired) electrons. The lowest BCUT2D eigenvalue weighted by Crippen LogP contribution is -2.30. The molecule has 3 rings (SSSR count). The topological polar surface area (TPSA) is 71.2 Å². The van der Waals surface area contributed by atoms with Crippen LogP contribution in [-0.2, 0) is 19.5 Å². The number of nitrogen functional groups attached to an aromatic ring is 1. The first-order valence-corrected chi connectivity index (χ1v) is 7.99. The van der Waals surface area contributed by atoms with Crippen LogP contribution >= 0.6 is 0 Å². The average Bonchev–Trinajstić information content (AvgIpc) is 2.58. The Hall–Kier alpha value is -2.40. The van der Waals surface area contributed by atoms with Crippen molar-refractivity contribution in [2.45, 2.75) is 26.4 Å². The van der Waals surface area contributed by atoms with Gasteiger partial charge in [0.05, 0.1) is 12.2 Å². The van der Waals surface area contributed by atoms with Crippen LogP contribution in [0, 0.1) is 0 Å². The number of benzene rings is 1. The summed E-state index contributed by atoms with van der Waals surface area (Å²) in [6, 6.07) is 11.4. The SMILES string of the molecule is CCN1CCc2cc(C(=O)NCc3cccc(N)n3)ccc2C1. The Bertz CT molecular complexity index is 714. The summed E-state index contributed by atoms with van der Waals surface area (Å²) in [5, 5.41) is 2.90. The van der Waals surface area contributed by atoms with Crippen molar-refractivity contribution in [1.29, 1.82) is 0 Å². The molecule has 0 bridgehead atoms. The number of aromatic nitrogens is 1. The number of hydrogen-bond donors (Lipinski definition) is 2. The van der Waals surface area contributed by atoms with Crippen molar-refractivity contribution >= 4 is 11.7 Å². The van der Waals surface area contributed by atoms with Gasteiger partial charge in [-0.25, -0.2) is 4.98 Å². The van der Waals surface area contributed by atoms with Crippen molar-refractivity contribution in [1.82, 2.24) is 15.2 Å². The van der Waals surface area contributed by atoms with Gasteiger partial charge in [-0.05, 0) is 48.4 Å². The number of amides is 1. The fourth-order valence-corrected chi connectivity index (χ4v) is 2.89. The fraction of sp³-hybridized carbons (Fsp3) is 0.333. The van der Waals surface area contributed by atoms with Crippen molar-refractivity contribution in [2.24, 2.45) is 0 Å². The predicted octanol–water partition coefficient (Wildman–Crippen LogP) is 1.97. The predicted molar refractivity (Wildman–Crippen MR) is 90.9 cm³/mol. The number of carbonyl (C=O) groups is 1. The Morgan fingerprint density at radius 3 is 2.96 bits per heavy atom. The molecule has 2 heterocycles. The first kappa shape index (κ1) is 15.5. The lowest BCUT2D eigenvalue weighted by atomic mass is 9.97. The maximum absolute atomic E-state index is 12.3. The molecular weight excluding hydrogens is 288 g/mol. The van der Waals surface area contributed by atoms with Crippen LogP contribution in [0.1, 0.15) is 34.1 Å². The molecule has 0 unspecified atom stereocenters. The minimum Gasteiger partial charge on any atom is -0.384 e. The smallest absolute Gasteiger partial charge is 0.251 e. The molecule has 3 N–H and O–H groups in total. The van der Waals surface area contributed by atoms with E-state index in [-0.39, 0.29) is 5.91 Å². The number of anilines is 1. The summed E-state index contributed by atoms with van der Waals surface area (Å²) in [4.78, 5) is 18.9. The molecule has 1 amide bonds. The number of carbonyl (C=O) groups excluding carboxylic acids is 1. The third-order valence-corrected chi connectivity index (χ3v) is 4.27. The molecule has 5 nitrogen and oxygen atoms in total. The van der Waals surface area contributed by atoms with Crippen LogP contribution in [0.15, 0.2) is 36.4 Å². The minimum atomic E-state index is -0.0741. The normalized spacial score (nSPS) is 14.3. The van der Waals surface area contributed by atoms with Crippen LogP contribution in [0.4, 0.5) is 5.82 Å². The Kier molecular flexibility index (Phi) is 4.57. The fourth-order valence-electron chi connectivity index (χ4n) is 2.89. The van der Waals surface area contributed by atoms with E-state index in [0.29, 0.717) is 17.9 Å². The molecule has 5 heteroatoms. The zero-order chi connectivity index (χ0) is 16.2. The van der Waals surface area contributed by atoms with E-state index in [9.17, 15) is 4.79 Å². The summed E-state index contributed by atoms with van der Waals surface area (Å²) in [6.07, 6.45) is 1.00. The zero-order valence-corrected chi connectivity index (χ0v) is 13.4. The van der Waals surface area contributed by atoms with Crippen LogP contribution in [0.25, 0.3) is 0 Å². The number of fused-ring (bicyclic) bond motifs is 1. The lowest BCUT2D eigenvalue weighted by molar-refractivity contribution is 0.0950. The van der Waals surface area contributed by atoms with Crippen molar-refractivity contribution in [3.63, 3.8) is 0 Å². The highest BCUT2D eigenvalue weighted by atomic mass is 16.1. The molecule has 1 aliphatic rings. The molecule has 1 aromatic carbocycles. The van der Waals surface area contributed by atoms with E-state index in [1.807, 2.05) is 24.3 Å². The standard InChI is InChI=1S/C18H22N4O/c1-2-22-9-8-13-10-14(6-7-15(13)12-22)18(23)20-11-16-4-3-5-17(19)21-16/h3-7,10H,2,8-9,11-12H2,1H3,(H2,19,21)(H,20,23). The Morgan fingerprint density at radius 2 is 2.17 bits per heavy atom. The summed E-state index contributed by atoms with van der Waals surface area (Å²) in [6.45, 7) is 5.65. The van der Waals surface area contributed by atoms with Gasteiger partial charge in [-0.2, -0.15) is 0 Å². The van der Waals surface area contributed by atoms with E-state index in [4.69, 9.17) is 5.73 Å². The van der Waals surface area contributed by atoms with Gasteiger partial charge in [-0.3, -0.25) is 9.69 Å². The second-order valence-electron chi connectivity index (χ2n) is 5.84. The summed E-state index contributed by atoms with van der Waals surface area (Å²) in [5.41, 5.74) is 9.72. The molecule has 2 aromatic rings. The van der Waals surface area contributed by atoms with Gasteiger partial charge in [-0.1, -0.05) is 19.1 Å². The maximum Gasteiger partial charge on any atom is 0.251 e. The molecule has 0 saturated heterocycles. The Labute approximate surface area is 136 Å². The number of pyridine rings is 1. The second kappa shape index (κ2) is 6.79. The van der Waals surface area contributed by atoms with E-state index in [2.05, 4.69) is 28.2 Å². The molecule has 120 valence electrons. The van der Waals surface area contributed by atoms with Crippen molar-refractivity contribution in [3.8, 4) is 0 Å². The largest absolute Gasteiger partial charge is 0.384 e. The molecule has 1 aliphatic heterocycles. The lowest BCUT2D eigenvalue weighted by Gasteiger charge is -2.27. The van der Waals surface area contributed by atoms with Gasteiger partial charge in [0.15, 0.2) is 0 Å². The van der Waals surface area contributed by atoms with Gasteiger partial charge in [0.2, 0.25) is 0 Å². The molecule has 23 heavy (non-hydrogen) atoms. The van der Waals surface area contributed by atoms with Crippen LogP contribution < -0.4 is 11.1 Å². The highest BCUT2D eigenvalue weighted by Crippen LogP contribution is 2.20. The summed E-state index contributed by atoms with van der Waals surface area (Å²) >= 11 is 0. The summed E-state index contributed by atoms with van der Waals surface area (Å²) < 4.78 is 0. The van der Waals surface area contributed by atoms with Crippen LogP contribution in [-0.4, -0.2) is 28.9 Å². The average molecular weight is 310 g/mol. The molecule has 0 spiro atoms. The van der Waals surface area contributed by atoms with Crippen molar-refractivity contribution in [2.75, 3.05) is 18.8 Å². The maximum atomic E-state index is 12.3. The van der Waals surface area contributed by atoms with Gasteiger partial charge in [0.1, 0.15) is 5.82 Å². The van der Waals surface area contributed by atoms with Crippen molar-refractivity contribution in [3.05, 3.63) is 58.8 Å².